The number of benzene rings is 2. The molecule has 0 unspecified atom stereocenters. The molecule has 0 bridgehead atoms. The molecule has 1 N–H and O–H groups in total. The van der Waals surface area contributed by atoms with E-state index in [4.69, 9.17) is 17.1 Å². The van der Waals surface area contributed by atoms with Gasteiger partial charge in [0.25, 0.3) is 0 Å². The Labute approximate surface area is 114 Å². The van der Waals surface area contributed by atoms with E-state index in [9.17, 15) is 5.21 Å². The van der Waals surface area contributed by atoms with Crippen LogP contribution in [0.2, 0.25) is 5.02 Å². The summed E-state index contributed by atoms with van der Waals surface area (Å²) in [5.41, 5.74) is 10.4. The van der Waals surface area contributed by atoms with Crippen LogP contribution in [0.5, 0.6) is 0 Å². The Morgan fingerprint density at radius 3 is 2.53 bits per heavy atom. The van der Waals surface area contributed by atoms with Gasteiger partial charge in [-0.25, -0.2) is 0 Å². The Balaban J connectivity index is 2.62. The first-order chi connectivity index (χ1) is 9.26. The number of nitrogens with zero attached hydrogens (tertiary/aromatic N) is 4. The van der Waals surface area contributed by atoms with E-state index in [1.54, 1.807) is 30.3 Å². The summed E-state index contributed by atoms with van der Waals surface area (Å²) in [5, 5.41) is 16.5. The van der Waals surface area contributed by atoms with Crippen molar-refractivity contribution in [3.05, 3.63) is 75.1 Å². The lowest BCUT2D eigenvalue weighted by Crippen LogP contribution is -2.03. The van der Waals surface area contributed by atoms with Crippen LogP contribution in [0.25, 0.3) is 10.4 Å². The first-order valence-electron chi connectivity index (χ1n) is 5.38. The zero-order chi connectivity index (χ0) is 13.7. The van der Waals surface area contributed by atoms with E-state index in [0.29, 0.717) is 27.5 Å². The molecule has 2 rings (SSSR count). The van der Waals surface area contributed by atoms with Crippen LogP contribution in [0.1, 0.15) is 11.1 Å². The van der Waals surface area contributed by atoms with Crippen LogP contribution in [-0.2, 0) is 0 Å². The van der Waals surface area contributed by atoms with Crippen molar-refractivity contribution in [2.75, 3.05) is 0 Å². The Bertz CT molecular complexity index is 664. The van der Waals surface area contributed by atoms with Crippen LogP contribution >= 0.6 is 11.6 Å². The lowest BCUT2D eigenvalue weighted by atomic mass is 10.0. The largest absolute Gasteiger partial charge is 0.410 e. The molecule has 19 heavy (non-hydrogen) atoms. The molecule has 0 aliphatic heterocycles. The normalized spacial score (nSPS) is 10.9. The zero-order valence-corrected chi connectivity index (χ0v) is 10.5. The SMILES string of the molecule is [N-]=[N+]=Nc1ccc(Cl)cc1C(=NO)c1ccccc1. The molecule has 0 aliphatic rings. The molecule has 0 saturated heterocycles. The second-order valence-electron chi connectivity index (χ2n) is 3.67. The summed E-state index contributed by atoms with van der Waals surface area (Å²) in [6.07, 6.45) is 0. The van der Waals surface area contributed by atoms with Gasteiger partial charge in [0.1, 0.15) is 5.71 Å². The first kappa shape index (κ1) is 13.0. The van der Waals surface area contributed by atoms with Crippen molar-refractivity contribution < 1.29 is 5.21 Å². The smallest absolute Gasteiger partial charge is 0.117 e. The molecule has 0 saturated carbocycles. The summed E-state index contributed by atoms with van der Waals surface area (Å²) < 4.78 is 0. The van der Waals surface area contributed by atoms with Gasteiger partial charge < -0.3 is 5.21 Å². The van der Waals surface area contributed by atoms with Crippen LogP contribution in [0.4, 0.5) is 5.69 Å². The van der Waals surface area contributed by atoms with Crippen LogP contribution in [0, 0.1) is 0 Å². The van der Waals surface area contributed by atoms with Gasteiger partial charge in [0, 0.05) is 26.7 Å². The van der Waals surface area contributed by atoms with Gasteiger partial charge in [0.15, 0.2) is 0 Å². The molecule has 0 heterocycles. The summed E-state index contributed by atoms with van der Waals surface area (Å²) in [6, 6.07) is 13.8. The molecule has 0 fully saturated rings. The van der Waals surface area contributed by atoms with Crippen molar-refractivity contribution in [1.82, 2.24) is 0 Å². The molecular weight excluding hydrogens is 264 g/mol. The Morgan fingerprint density at radius 2 is 1.89 bits per heavy atom. The molecule has 2 aromatic carbocycles. The Hall–Kier alpha value is -2.49. The molecule has 0 spiro atoms. The molecule has 0 atom stereocenters. The van der Waals surface area contributed by atoms with Gasteiger partial charge in [0.05, 0.1) is 0 Å². The predicted molar refractivity (Wildman–Crippen MR) is 74.1 cm³/mol. The van der Waals surface area contributed by atoms with E-state index < -0.39 is 0 Å². The summed E-state index contributed by atoms with van der Waals surface area (Å²) in [5.74, 6) is 0. The molecule has 94 valence electrons. The summed E-state index contributed by atoms with van der Waals surface area (Å²) in [6.45, 7) is 0. The lowest BCUT2D eigenvalue weighted by Gasteiger charge is -2.08. The van der Waals surface area contributed by atoms with Gasteiger partial charge in [-0.05, 0) is 17.7 Å². The predicted octanol–water partition coefficient (Wildman–Crippen LogP) is 4.51. The van der Waals surface area contributed by atoms with E-state index in [2.05, 4.69) is 15.2 Å². The van der Waals surface area contributed by atoms with E-state index in [1.807, 2.05) is 18.2 Å². The fraction of sp³-hybridized carbons (Fsp3) is 0. The van der Waals surface area contributed by atoms with Gasteiger partial charge in [-0.3, -0.25) is 0 Å². The minimum atomic E-state index is 0.297. The van der Waals surface area contributed by atoms with Crippen molar-refractivity contribution in [3.8, 4) is 0 Å². The molecule has 0 radical (unpaired) electrons. The second kappa shape index (κ2) is 5.91. The number of rotatable bonds is 3. The highest BCUT2D eigenvalue weighted by Gasteiger charge is 2.12. The van der Waals surface area contributed by atoms with Crippen LogP contribution in [-0.4, -0.2) is 10.9 Å². The highest BCUT2D eigenvalue weighted by Crippen LogP contribution is 2.26. The van der Waals surface area contributed by atoms with Crippen molar-refractivity contribution in [2.24, 2.45) is 10.3 Å². The van der Waals surface area contributed by atoms with Crippen LogP contribution < -0.4 is 0 Å². The molecule has 6 heteroatoms. The fourth-order valence-corrected chi connectivity index (χ4v) is 1.87. The number of hydrogen-bond donors (Lipinski definition) is 1. The van der Waals surface area contributed by atoms with Crippen molar-refractivity contribution in [3.63, 3.8) is 0 Å². The second-order valence-corrected chi connectivity index (χ2v) is 4.10. The van der Waals surface area contributed by atoms with Crippen molar-refractivity contribution >= 4 is 23.0 Å². The molecule has 2 aromatic rings. The third-order valence-electron chi connectivity index (χ3n) is 2.51. The maximum absolute atomic E-state index is 9.23. The number of hydrogen-bond acceptors (Lipinski definition) is 3. The van der Waals surface area contributed by atoms with Gasteiger partial charge >= 0.3 is 0 Å². The van der Waals surface area contributed by atoms with Gasteiger partial charge in [-0.15, -0.1) is 0 Å². The van der Waals surface area contributed by atoms with Crippen molar-refractivity contribution in [1.29, 1.82) is 0 Å². The molecule has 0 aromatic heterocycles. The fourth-order valence-electron chi connectivity index (χ4n) is 1.70. The first-order valence-corrected chi connectivity index (χ1v) is 5.76. The quantitative estimate of drug-likeness (QED) is 0.219. The maximum Gasteiger partial charge on any atom is 0.117 e. The number of halogens is 1. The average molecular weight is 273 g/mol. The van der Waals surface area contributed by atoms with Crippen molar-refractivity contribution in [2.45, 2.75) is 0 Å². The third kappa shape index (κ3) is 2.85. The van der Waals surface area contributed by atoms with E-state index >= 15 is 0 Å². The Morgan fingerprint density at radius 1 is 1.16 bits per heavy atom. The van der Waals surface area contributed by atoms with Crippen LogP contribution in [0.3, 0.4) is 0 Å². The zero-order valence-electron chi connectivity index (χ0n) is 9.73. The summed E-state index contributed by atoms with van der Waals surface area (Å²) in [4.78, 5) is 2.75. The molecule has 5 nitrogen and oxygen atoms in total. The molecular formula is C13H9ClN4O. The molecule has 0 aliphatic carbocycles. The minimum Gasteiger partial charge on any atom is -0.410 e. The Kier molecular flexibility index (Phi) is 4.03. The highest BCUT2D eigenvalue weighted by molar-refractivity contribution is 6.31. The maximum atomic E-state index is 9.23. The van der Waals surface area contributed by atoms with Gasteiger partial charge in [-0.1, -0.05) is 58.3 Å². The monoisotopic (exact) mass is 272 g/mol. The summed E-state index contributed by atoms with van der Waals surface area (Å²) >= 11 is 5.93. The topological polar surface area (TPSA) is 81.4 Å². The molecule has 0 amide bonds. The number of azide groups is 1. The van der Waals surface area contributed by atoms with Gasteiger partial charge in [-0.2, -0.15) is 0 Å². The standard InChI is InChI=1S/C13H9ClN4O/c14-10-6-7-12(16-18-15)11(8-10)13(17-19)9-4-2-1-3-5-9/h1-8,19H. The van der Waals surface area contributed by atoms with E-state index in [0.717, 1.165) is 0 Å². The average Bonchev–Trinajstić information content (AvgIpc) is 2.44. The third-order valence-corrected chi connectivity index (χ3v) is 2.75. The van der Waals surface area contributed by atoms with Crippen LogP contribution in [0.15, 0.2) is 58.8 Å². The van der Waals surface area contributed by atoms with E-state index in [1.165, 1.54) is 0 Å². The summed E-state index contributed by atoms with van der Waals surface area (Å²) in [7, 11) is 0. The minimum absolute atomic E-state index is 0.297. The van der Waals surface area contributed by atoms with Gasteiger partial charge in [0.2, 0.25) is 0 Å². The lowest BCUT2D eigenvalue weighted by molar-refractivity contribution is 0.319. The highest BCUT2D eigenvalue weighted by atomic mass is 35.5. The number of oxime groups is 1. The van der Waals surface area contributed by atoms with E-state index in [-0.39, 0.29) is 0 Å².